The van der Waals surface area contributed by atoms with Crippen LogP contribution < -0.4 is 5.32 Å². The number of nitro groups is 1. The van der Waals surface area contributed by atoms with Crippen LogP contribution in [0.5, 0.6) is 0 Å². The van der Waals surface area contributed by atoms with Gasteiger partial charge in [-0.3, -0.25) is 24.4 Å². The van der Waals surface area contributed by atoms with E-state index in [-0.39, 0.29) is 18.0 Å². The molecule has 0 saturated carbocycles. The quantitative estimate of drug-likeness (QED) is 0.494. The number of Topliss-reactive ketones (excluding diaryl/α,β-unsaturated/α-hetero) is 1. The summed E-state index contributed by atoms with van der Waals surface area (Å²) in [6.07, 6.45) is 2.22. The Labute approximate surface area is 132 Å². The van der Waals surface area contributed by atoms with Gasteiger partial charge in [0.25, 0.3) is 0 Å². The van der Waals surface area contributed by atoms with E-state index in [9.17, 15) is 19.7 Å². The highest BCUT2D eigenvalue weighted by atomic mass is 16.6. The molecule has 0 saturated heterocycles. The third kappa shape index (κ3) is 4.00. The van der Waals surface area contributed by atoms with Crippen molar-refractivity contribution in [1.29, 1.82) is 0 Å². The van der Waals surface area contributed by atoms with E-state index < -0.39 is 16.4 Å². The molecule has 0 fully saturated rings. The van der Waals surface area contributed by atoms with E-state index >= 15 is 0 Å². The smallest absolute Gasteiger partial charge is 0.307 e. The first-order valence-corrected chi connectivity index (χ1v) is 6.87. The molecular weight excluding hydrogens is 300 g/mol. The second kappa shape index (κ2) is 6.39. The molecule has 2 aromatic rings. The number of carbonyl (C=O) groups is 2. The summed E-state index contributed by atoms with van der Waals surface area (Å²) in [7, 11) is 0. The van der Waals surface area contributed by atoms with Crippen LogP contribution in [0.4, 0.5) is 5.69 Å². The molecule has 1 N–H and O–H groups in total. The fourth-order valence-corrected chi connectivity index (χ4v) is 2.08. The molecule has 1 amide bonds. The minimum absolute atomic E-state index is 0.197. The zero-order valence-electron chi connectivity index (χ0n) is 12.7. The molecule has 8 nitrogen and oxygen atoms in total. The lowest BCUT2D eigenvalue weighted by Crippen LogP contribution is -2.50. The summed E-state index contributed by atoms with van der Waals surface area (Å²) >= 11 is 0. The molecule has 1 aromatic carbocycles. The summed E-state index contributed by atoms with van der Waals surface area (Å²) in [6, 6.07) is 8.63. The van der Waals surface area contributed by atoms with Crippen LogP contribution in [0.1, 0.15) is 24.2 Å². The highest BCUT2D eigenvalue weighted by molar-refractivity contribution is 6.04. The van der Waals surface area contributed by atoms with Crippen LogP contribution in [-0.4, -0.2) is 31.9 Å². The Morgan fingerprint density at radius 2 is 1.96 bits per heavy atom. The molecule has 0 spiro atoms. The van der Waals surface area contributed by atoms with Crippen LogP contribution in [0.15, 0.2) is 42.7 Å². The van der Waals surface area contributed by atoms with Crippen molar-refractivity contribution in [2.75, 3.05) is 0 Å². The number of benzene rings is 1. The maximum atomic E-state index is 12.4. The second-order valence-electron chi connectivity index (χ2n) is 5.52. The van der Waals surface area contributed by atoms with Crippen LogP contribution in [0.25, 0.3) is 0 Å². The van der Waals surface area contributed by atoms with Crippen molar-refractivity contribution >= 4 is 17.4 Å². The topological polar surface area (TPSA) is 107 Å². The Morgan fingerprint density at radius 1 is 1.30 bits per heavy atom. The number of nitrogens with one attached hydrogen (secondary N) is 1. The lowest BCUT2D eigenvalue weighted by Gasteiger charge is -2.24. The lowest BCUT2D eigenvalue weighted by atomic mass is 9.93. The summed E-state index contributed by atoms with van der Waals surface area (Å²) in [5, 5.41) is 16.9. The van der Waals surface area contributed by atoms with E-state index in [1.165, 1.54) is 0 Å². The minimum atomic E-state index is -1.10. The molecule has 0 aliphatic rings. The highest BCUT2D eigenvalue weighted by Gasteiger charge is 2.30. The van der Waals surface area contributed by atoms with Gasteiger partial charge in [-0.25, -0.2) is 0 Å². The van der Waals surface area contributed by atoms with Crippen LogP contribution in [0.2, 0.25) is 0 Å². The molecule has 0 atom stereocenters. The number of ketones is 1. The third-order valence-corrected chi connectivity index (χ3v) is 3.19. The van der Waals surface area contributed by atoms with Crippen LogP contribution >= 0.6 is 0 Å². The Bertz CT molecular complexity index is 737. The third-order valence-electron chi connectivity index (χ3n) is 3.19. The first-order chi connectivity index (χ1) is 10.8. The maximum Gasteiger partial charge on any atom is 0.307 e. The monoisotopic (exact) mass is 316 g/mol. The second-order valence-corrected chi connectivity index (χ2v) is 5.52. The number of hydrogen-bond acceptors (Lipinski definition) is 5. The van der Waals surface area contributed by atoms with Crippen molar-refractivity contribution in [3.05, 3.63) is 58.4 Å². The maximum absolute atomic E-state index is 12.4. The summed E-state index contributed by atoms with van der Waals surface area (Å²) in [4.78, 5) is 34.5. The Balaban J connectivity index is 2.03. The summed E-state index contributed by atoms with van der Waals surface area (Å²) in [5.74, 6) is -0.685. The Kier molecular flexibility index (Phi) is 4.54. The standard InChI is InChI=1S/C15H16N4O4/c1-15(2,14(21)11-6-4-3-5-7-11)17-13(20)10-18-9-12(8-16-18)19(22)23/h3-9H,10H2,1-2H3,(H,17,20). The number of hydrogen-bond donors (Lipinski definition) is 1. The molecule has 23 heavy (non-hydrogen) atoms. The van der Waals surface area contributed by atoms with E-state index in [0.29, 0.717) is 5.56 Å². The van der Waals surface area contributed by atoms with Crippen molar-refractivity contribution in [3.63, 3.8) is 0 Å². The van der Waals surface area contributed by atoms with E-state index in [4.69, 9.17) is 0 Å². The summed E-state index contributed by atoms with van der Waals surface area (Å²) < 4.78 is 1.15. The molecule has 0 radical (unpaired) electrons. The van der Waals surface area contributed by atoms with Crippen molar-refractivity contribution in [2.24, 2.45) is 0 Å². The zero-order valence-corrected chi connectivity index (χ0v) is 12.7. The predicted molar refractivity (Wildman–Crippen MR) is 81.9 cm³/mol. The van der Waals surface area contributed by atoms with Gasteiger partial charge in [0, 0.05) is 5.56 Å². The number of carbonyl (C=O) groups excluding carboxylic acids is 2. The molecule has 1 aromatic heterocycles. The van der Waals surface area contributed by atoms with Gasteiger partial charge in [0.1, 0.15) is 18.9 Å². The van der Waals surface area contributed by atoms with Crippen molar-refractivity contribution in [1.82, 2.24) is 15.1 Å². The van der Waals surface area contributed by atoms with Gasteiger partial charge in [-0.05, 0) is 13.8 Å². The minimum Gasteiger partial charge on any atom is -0.342 e. The molecule has 0 bridgehead atoms. The lowest BCUT2D eigenvalue weighted by molar-refractivity contribution is -0.385. The summed E-state index contributed by atoms with van der Waals surface area (Å²) in [5.41, 5.74) is -0.803. The van der Waals surface area contributed by atoms with E-state index in [2.05, 4.69) is 10.4 Å². The molecule has 2 rings (SSSR count). The molecule has 8 heteroatoms. The Hall–Kier alpha value is -3.03. The van der Waals surface area contributed by atoms with E-state index in [1.807, 2.05) is 0 Å². The van der Waals surface area contributed by atoms with Gasteiger partial charge in [-0.1, -0.05) is 30.3 Å². The fraction of sp³-hybridized carbons (Fsp3) is 0.267. The largest absolute Gasteiger partial charge is 0.342 e. The van der Waals surface area contributed by atoms with Gasteiger partial charge in [0.05, 0.1) is 10.5 Å². The number of amides is 1. The summed E-state index contributed by atoms with van der Waals surface area (Å²) in [6.45, 7) is 3.00. The SMILES string of the molecule is CC(C)(NC(=O)Cn1cc([N+](=O)[O-])cn1)C(=O)c1ccccc1. The zero-order chi connectivity index (χ0) is 17.0. The van der Waals surface area contributed by atoms with Gasteiger partial charge in [0.2, 0.25) is 5.91 Å². The van der Waals surface area contributed by atoms with E-state index in [1.54, 1.807) is 44.2 Å². The molecule has 0 unspecified atom stereocenters. The van der Waals surface area contributed by atoms with Crippen LogP contribution in [0.3, 0.4) is 0 Å². The number of rotatable bonds is 6. The van der Waals surface area contributed by atoms with Gasteiger partial charge in [0.15, 0.2) is 5.78 Å². The van der Waals surface area contributed by atoms with Crippen LogP contribution in [-0.2, 0) is 11.3 Å². The van der Waals surface area contributed by atoms with Gasteiger partial charge < -0.3 is 5.32 Å². The average Bonchev–Trinajstić information content (AvgIpc) is 2.95. The molecule has 1 heterocycles. The van der Waals surface area contributed by atoms with Crippen molar-refractivity contribution in [2.45, 2.75) is 25.9 Å². The van der Waals surface area contributed by atoms with Crippen molar-refractivity contribution < 1.29 is 14.5 Å². The number of nitrogens with zero attached hydrogens (tertiary/aromatic N) is 3. The molecule has 120 valence electrons. The van der Waals surface area contributed by atoms with Crippen molar-refractivity contribution in [3.8, 4) is 0 Å². The molecular formula is C15H16N4O4. The first-order valence-electron chi connectivity index (χ1n) is 6.87. The predicted octanol–water partition coefficient (Wildman–Crippen LogP) is 1.57. The molecule has 0 aliphatic heterocycles. The van der Waals surface area contributed by atoms with Gasteiger partial charge >= 0.3 is 5.69 Å². The van der Waals surface area contributed by atoms with Gasteiger partial charge in [-0.15, -0.1) is 0 Å². The first kappa shape index (κ1) is 16.3. The normalized spacial score (nSPS) is 11.0. The highest BCUT2D eigenvalue weighted by Crippen LogP contribution is 2.13. The number of aromatic nitrogens is 2. The average molecular weight is 316 g/mol. The fourth-order valence-electron chi connectivity index (χ4n) is 2.08. The van der Waals surface area contributed by atoms with E-state index in [0.717, 1.165) is 17.1 Å². The molecule has 0 aliphatic carbocycles. The van der Waals surface area contributed by atoms with Crippen LogP contribution in [0, 0.1) is 10.1 Å². The van der Waals surface area contributed by atoms with Gasteiger partial charge in [-0.2, -0.15) is 5.10 Å². The Morgan fingerprint density at radius 3 is 2.52 bits per heavy atom.